The number of carbonyl (C=O) groups excluding carboxylic acids is 2. The second kappa shape index (κ2) is 15.4. The maximum atomic E-state index is 13.9. The summed E-state index contributed by atoms with van der Waals surface area (Å²) in [4.78, 5) is 29.0. The van der Waals surface area contributed by atoms with E-state index in [0.29, 0.717) is 39.8 Å². The fourth-order valence-corrected chi connectivity index (χ4v) is 4.64. The predicted octanol–water partition coefficient (Wildman–Crippen LogP) is 8.49. The molecule has 0 aliphatic rings. The summed E-state index contributed by atoms with van der Waals surface area (Å²) in [5.74, 6) is 0.187. The summed E-state index contributed by atoms with van der Waals surface area (Å²) in [5, 5.41) is 0.660. The van der Waals surface area contributed by atoms with Gasteiger partial charge in [-0.05, 0) is 76.0 Å². The van der Waals surface area contributed by atoms with Gasteiger partial charge in [0.15, 0.2) is 5.78 Å². The Labute approximate surface area is 234 Å². The van der Waals surface area contributed by atoms with Gasteiger partial charge >= 0.3 is 5.97 Å². The summed E-state index contributed by atoms with van der Waals surface area (Å²) >= 11 is 0. The van der Waals surface area contributed by atoms with Crippen LogP contribution in [0.5, 0.6) is 0 Å². The average molecular weight is 532 g/mol. The van der Waals surface area contributed by atoms with E-state index in [2.05, 4.69) is 37.8 Å². The van der Waals surface area contributed by atoms with Gasteiger partial charge in [0, 0.05) is 23.9 Å². The lowest BCUT2D eigenvalue weighted by atomic mass is 9.96. The minimum absolute atomic E-state index is 0.0861. The summed E-state index contributed by atoms with van der Waals surface area (Å²) in [6.45, 7) is 13.3. The van der Waals surface area contributed by atoms with Gasteiger partial charge in [-0.3, -0.25) is 9.69 Å². The van der Waals surface area contributed by atoms with E-state index in [0.717, 1.165) is 38.0 Å². The quantitative estimate of drug-likeness (QED) is 0.137. The van der Waals surface area contributed by atoms with Crippen molar-refractivity contribution in [3.63, 3.8) is 0 Å². The Morgan fingerprint density at radius 1 is 0.923 bits per heavy atom. The monoisotopic (exact) mass is 531 g/mol. The molecule has 5 heteroatoms. The van der Waals surface area contributed by atoms with Gasteiger partial charge in [0.1, 0.15) is 11.3 Å². The van der Waals surface area contributed by atoms with Crippen LogP contribution in [0.15, 0.2) is 53.0 Å². The number of hydrogen-bond acceptors (Lipinski definition) is 5. The molecule has 0 atom stereocenters. The van der Waals surface area contributed by atoms with Gasteiger partial charge in [-0.15, -0.1) is 0 Å². The number of rotatable bonds is 16. The van der Waals surface area contributed by atoms with Crippen LogP contribution in [0.3, 0.4) is 0 Å². The summed E-state index contributed by atoms with van der Waals surface area (Å²) in [7, 11) is 0. The van der Waals surface area contributed by atoms with E-state index in [1.165, 1.54) is 25.7 Å². The number of furan rings is 1. The van der Waals surface area contributed by atoms with Crippen LogP contribution in [0.25, 0.3) is 17.0 Å². The fraction of sp³-hybridized carbons (Fsp3) is 0.471. The number of carbonyl (C=O) groups is 2. The van der Waals surface area contributed by atoms with Crippen LogP contribution in [0.4, 0.5) is 0 Å². The number of aryl methyl sites for hydroxylation is 1. The van der Waals surface area contributed by atoms with Crippen molar-refractivity contribution < 1.29 is 18.7 Å². The van der Waals surface area contributed by atoms with E-state index in [9.17, 15) is 9.59 Å². The fourth-order valence-electron chi connectivity index (χ4n) is 4.64. The van der Waals surface area contributed by atoms with Crippen LogP contribution in [0, 0.1) is 0 Å². The van der Waals surface area contributed by atoms with Crippen molar-refractivity contribution in [2.45, 2.75) is 85.7 Å². The highest BCUT2D eigenvalue weighted by molar-refractivity contribution is 6.17. The lowest BCUT2D eigenvalue weighted by Crippen LogP contribution is -2.26. The molecule has 0 unspecified atom stereocenters. The summed E-state index contributed by atoms with van der Waals surface area (Å²) in [5.41, 5.74) is 3.18. The zero-order chi connectivity index (χ0) is 28.2. The molecule has 0 saturated heterocycles. The second-order valence-electron chi connectivity index (χ2n) is 10.5. The third-order valence-corrected chi connectivity index (χ3v) is 6.80. The number of ether oxygens (including phenoxy) is 1. The lowest BCUT2D eigenvalue weighted by Gasteiger charge is -2.19. The molecule has 39 heavy (non-hydrogen) atoms. The van der Waals surface area contributed by atoms with Crippen LogP contribution in [-0.4, -0.2) is 42.4 Å². The standard InChI is InChI=1S/C34H45NO4/c1-6-9-17-31-32(29-24-28(18-19-30(29)39-31)34(37)38-25(4)5)33(36)27-16-12-14-26(23-27)15-13-22-35(20-10-7-2)21-11-8-3/h12-16,18-19,23-25H,6-11,17,20-22H2,1-5H3/b15-13+. The lowest BCUT2D eigenvalue weighted by molar-refractivity contribution is 0.0378. The SMILES string of the molecule is CCCCc1oc2ccc(C(=O)OC(C)C)cc2c1C(=O)c1cccc(/C=C/CN(CCCC)CCCC)c1. The molecule has 0 aliphatic carbocycles. The Kier molecular flexibility index (Phi) is 12.0. The Morgan fingerprint density at radius 3 is 2.31 bits per heavy atom. The topological polar surface area (TPSA) is 59.8 Å². The Balaban J connectivity index is 1.90. The predicted molar refractivity (Wildman–Crippen MR) is 161 cm³/mol. The number of benzene rings is 2. The average Bonchev–Trinajstić information content (AvgIpc) is 3.29. The van der Waals surface area contributed by atoms with E-state index < -0.39 is 5.97 Å². The number of ketones is 1. The number of hydrogen-bond donors (Lipinski definition) is 0. The van der Waals surface area contributed by atoms with Crippen LogP contribution in [-0.2, 0) is 11.2 Å². The second-order valence-corrected chi connectivity index (χ2v) is 10.5. The number of unbranched alkanes of at least 4 members (excludes halogenated alkanes) is 3. The molecule has 1 aromatic heterocycles. The number of nitrogens with zero attached hydrogens (tertiary/aromatic N) is 1. The first-order valence-electron chi connectivity index (χ1n) is 14.7. The van der Waals surface area contributed by atoms with Crippen molar-refractivity contribution in [3.8, 4) is 0 Å². The molecule has 2 aromatic carbocycles. The summed E-state index contributed by atoms with van der Waals surface area (Å²) in [6, 6.07) is 13.0. The van der Waals surface area contributed by atoms with Gasteiger partial charge in [0.25, 0.3) is 0 Å². The van der Waals surface area contributed by atoms with Gasteiger partial charge in [-0.1, -0.05) is 70.4 Å². The molecule has 5 nitrogen and oxygen atoms in total. The van der Waals surface area contributed by atoms with Gasteiger partial charge in [0.05, 0.1) is 17.2 Å². The molecule has 0 spiro atoms. The summed E-state index contributed by atoms with van der Waals surface area (Å²) in [6.07, 6.45) is 11.5. The maximum absolute atomic E-state index is 13.9. The van der Waals surface area contributed by atoms with E-state index in [1.54, 1.807) is 18.2 Å². The molecule has 210 valence electrons. The third kappa shape index (κ3) is 8.66. The van der Waals surface area contributed by atoms with Crippen molar-refractivity contribution in [2.24, 2.45) is 0 Å². The molecule has 0 amide bonds. The first-order valence-corrected chi connectivity index (χ1v) is 14.7. The molecule has 3 rings (SSSR count). The van der Waals surface area contributed by atoms with Crippen molar-refractivity contribution in [1.82, 2.24) is 4.90 Å². The Bertz CT molecular complexity index is 1250. The van der Waals surface area contributed by atoms with E-state index >= 15 is 0 Å². The number of fused-ring (bicyclic) bond motifs is 1. The van der Waals surface area contributed by atoms with Crippen LogP contribution < -0.4 is 0 Å². The van der Waals surface area contributed by atoms with Gasteiger partial charge in [-0.2, -0.15) is 0 Å². The van der Waals surface area contributed by atoms with Crippen molar-refractivity contribution in [1.29, 1.82) is 0 Å². The highest BCUT2D eigenvalue weighted by Crippen LogP contribution is 2.31. The minimum Gasteiger partial charge on any atom is -0.460 e. The maximum Gasteiger partial charge on any atom is 0.338 e. The molecule has 1 heterocycles. The van der Waals surface area contributed by atoms with E-state index in [1.807, 2.05) is 38.1 Å². The molecule has 0 saturated carbocycles. The molecule has 3 aromatic rings. The van der Waals surface area contributed by atoms with Crippen molar-refractivity contribution >= 4 is 28.8 Å². The first-order chi connectivity index (χ1) is 18.9. The van der Waals surface area contributed by atoms with E-state index in [-0.39, 0.29) is 11.9 Å². The van der Waals surface area contributed by atoms with Crippen molar-refractivity contribution in [2.75, 3.05) is 19.6 Å². The van der Waals surface area contributed by atoms with E-state index in [4.69, 9.17) is 9.15 Å². The van der Waals surface area contributed by atoms with Crippen LogP contribution >= 0.6 is 0 Å². The molecule has 0 bridgehead atoms. The zero-order valence-corrected chi connectivity index (χ0v) is 24.4. The minimum atomic E-state index is -0.402. The molecular formula is C34H45NO4. The van der Waals surface area contributed by atoms with Gasteiger partial charge in [0.2, 0.25) is 0 Å². The normalized spacial score (nSPS) is 11.8. The van der Waals surface area contributed by atoms with Gasteiger partial charge in [-0.25, -0.2) is 4.79 Å². The molecule has 0 fully saturated rings. The highest BCUT2D eigenvalue weighted by Gasteiger charge is 2.23. The summed E-state index contributed by atoms with van der Waals surface area (Å²) < 4.78 is 11.5. The molecule has 0 N–H and O–H groups in total. The number of esters is 1. The van der Waals surface area contributed by atoms with Crippen molar-refractivity contribution in [3.05, 3.63) is 76.6 Å². The first kappa shape index (κ1) is 30.4. The smallest absolute Gasteiger partial charge is 0.338 e. The largest absolute Gasteiger partial charge is 0.460 e. The molecule has 0 aliphatic heterocycles. The van der Waals surface area contributed by atoms with Crippen LogP contribution in [0.2, 0.25) is 0 Å². The third-order valence-electron chi connectivity index (χ3n) is 6.80. The van der Waals surface area contributed by atoms with Gasteiger partial charge < -0.3 is 9.15 Å². The zero-order valence-electron chi connectivity index (χ0n) is 24.4. The Hall–Kier alpha value is -3.18. The Morgan fingerprint density at radius 2 is 1.64 bits per heavy atom. The molecule has 0 radical (unpaired) electrons. The highest BCUT2D eigenvalue weighted by atomic mass is 16.5. The molecular weight excluding hydrogens is 486 g/mol. The van der Waals surface area contributed by atoms with Crippen LogP contribution in [0.1, 0.15) is 111 Å².